The molecule has 1 aromatic rings. The molecule has 1 aromatic carbocycles. The van der Waals surface area contributed by atoms with Crippen molar-refractivity contribution in [2.75, 3.05) is 31.1 Å². The second kappa shape index (κ2) is 9.96. The molecule has 0 aromatic heterocycles. The van der Waals surface area contributed by atoms with Gasteiger partial charge in [-0.1, -0.05) is 6.92 Å². The Hall–Kier alpha value is -2.04. The molecule has 0 fully saturated rings. The third kappa shape index (κ3) is 5.55. The second-order valence-corrected chi connectivity index (χ2v) is 5.96. The highest BCUT2D eigenvalue weighted by atomic mass is 16.5. The summed E-state index contributed by atoms with van der Waals surface area (Å²) in [6, 6.07) is 7.52. The van der Waals surface area contributed by atoms with Crippen LogP contribution in [0.4, 0.5) is 5.69 Å². The van der Waals surface area contributed by atoms with Gasteiger partial charge in [-0.3, -0.25) is 9.59 Å². The van der Waals surface area contributed by atoms with Crippen LogP contribution in [0.25, 0.3) is 0 Å². The molecule has 1 rings (SSSR count). The maximum atomic E-state index is 12.7. The highest BCUT2D eigenvalue weighted by Crippen LogP contribution is 2.17. The summed E-state index contributed by atoms with van der Waals surface area (Å²) in [7, 11) is 0. The maximum Gasteiger partial charge on any atom is 0.325 e. The van der Waals surface area contributed by atoms with E-state index in [1.165, 1.54) is 4.90 Å². The Morgan fingerprint density at radius 2 is 1.71 bits per heavy atom. The number of hydrogen-bond donors (Lipinski definition) is 0. The van der Waals surface area contributed by atoms with E-state index in [-0.39, 0.29) is 24.5 Å². The van der Waals surface area contributed by atoms with Crippen LogP contribution in [-0.2, 0) is 9.53 Å². The summed E-state index contributed by atoms with van der Waals surface area (Å²) in [6.07, 6.45) is 1.08. The monoisotopic (exact) mass is 334 g/mol. The number of carbonyl (C=O) groups is 2. The van der Waals surface area contributed by atoms with Crippen molar-refractivity contribution in [1.29, 1.82) is 0 Å². The number of nitrogens with zero attached hydrogens (tertiary/aromatic N) is 2. The SMILES string of the molecule is CCCN(CC)c1ccc(C(=O)N(CC(=O)OCC)C(C)C)cc1. The smallest absolute Gasteiger partial charge is 0.325 e. The Morgan fingerprint density at radius 1 is 1.08 bits per heavy atom. The van der Waals surface area contributed by atoms with E-state index >= 15 is 0 Å². The first-order valence-electron chi connectivity index (χ1n) is 8.76. The third-order valence-corrected chi connectivity index (χ3v) is 3.84. The van der Waals surface area contributed by atoms with E-state index < -0.39 is 0 Å². The fraction of sp³-hybridized carbons (Fsp3) is 0.579. The summed E-state index contributed by atoms with van der Waals surface area (Å²) < 4.78 is 4.96. The Morgan fingerprint density at radius 3 is 2.17 bits per heavy atom. The average Bonchev–Trinajstić information content (AvgIpc) is 2.57. The number of anilines is 1. The van der Waals surface area contributed by atoms with E-state index in [0.29, 0.717) is 12.2 Å². The number of amides is 1. The number of esters is 1. The molecule has 0 aliphatic heterocycles. The zero-order chi connectivity index (χ0) is 18.1. The van der Waals surface area contributed by atoms with E-state index in [1.807, 2.05) is 38.1 Å². The van der Waals surface area contributed by atoms with Crippen molar-refractivity contribution in [1.82, 2.24) is 4.90 Å². The molecular weight excluding hydrogens is 304 g/mol. The average molecular weight is 334 g/mol. The van der Waals surface area contributed by atoms with E-state index in [1.54, 1.807) is 6.92 Å². The predicted molar refractivity (Wildman–Crippen MR) is 97.4 cm³/mol. The molecule has 0 spiro atoms. The summed E-state index contributed by atoms with van der Waals surface area (Å²) in [5, 5.41) is 0. The van der Waals surface area contributed by atoms with Gasteiger partial charge >= 0.3 is 5.97 Å². The molecule has 0 heterocycles. The molecule has 0 bridgehead atoms. The lowest BCUT2D eigenvalue weighted by atomic mass is 10.1. The maximum absolute atomic E-state index is 12.7. The quantitative estimate of drug-likeness (QED) is 0.650. The van der Waals surface area contributed by atoms with Gasteiger partial charge in [-0.2, -0.15) is 0 Å². The molecule has 0 aliphatic rings. The summed E-state index contributed by atoms with van der Waals surface area (Å²) in [6.45, 7) is 12.0. The van der Waals surface area contributed by atoms with Gasteiger partial charge < -0.3 is 14.5 Å². The van der Waals surface area contributed by atoms with Crippen molar-refractivity contribution in [3.63, 3.8) is 0 Å². The third-order valence-electron chi connectivity index (χ3n) is 3.84. The highest BCUT2D eigenvalue weighted by molar-refractivity contribution is 5.96. The second-order valence-electron chi connectivity index (χ2n) is 5.96. The van der Waals surface area contributed by atoms with Crippen LogP contribution in [0, 0.1) is 0 Å². The first kappa shape index (κ1) is 20.0. The molecule has 0 saturated carbocycles. The minimum absolute atomic E-state index is 0.0248. The van der Waals surface area contributed by atoms with Gasteiger partial charge in [-0.15, -0.1) is 0 Å². The zero-order valence-corrected chi connectivity index (χ0v) is 15.5. The molecular formula is C19H30N2O3. The van der Waals surface area contributed by atoms with Crippen LogP contribution >= 0.6 is 0 Å². The lowest BCUT2D eigenvalue weighted by Crippen LogP contribution is -2.41. The first-order valence-corrected chi connectivity index (χ1v) is 8.76. The van der Waals surface area contributed by atoms with Crippen LogP contribution in [0.15, 0.2) is 24.3 Å². The molecule has 5 nitrogen and oxygen atoms in total. The molecule has 1 amide bonds. The Kier molecular flexibility index (Phi) is 8.30. The van der Waals surface area contributed by atoms with Crippen molar-refractivity contribution in [2.45, 2.75) is 47.1 Å². The van der Waals surface area contributed by atoms with E-state index in [2.05, 4.69) is 18.7 Å². The molecule has 0 atom stereocenters. The topological polar surface area (TPSA) is 49.9 Å². The Bertz CT molecular complexity index is 526. The van der Waals surface area contributed by atoms with Crippen LogP contribution in [0.1, 0.15) is 51.4 Å². The fourth-order valence-electron chi connectivity index (χ4n) is 2.55. The number of hydrogen-bond acceptors (Lipinski definition) is 4. The van der Waals surface area contributed by atoms with Gasteiger partial charge in [-0.05, 0) is 58.4 Å². The molecule has 24 heavy (non-hydrogen) atoms. The van der Waals surface area contributed by atoms with Crippen molar-refractivity contribution in [3.8, 4) is 0 Å². The predicted octanol–water partition coefficient (Wildman–Crippen LogP) is 3.34. The van der Waals surface area contributed by atoms with Crippen molar-refractivity contribution in [2.24, 2.45) is 0 Å². The number of ether oxygens (including phenoxy) is 1. The molecule has 0 saturated heterocycles. The zero-order valence-electron chi connectivity index (χ0n) is 15.5. The van der Waals surface area contributed by atoms with Gasteiger partial charge in [0.15, 0.2) is 0 Å². The first-order chi connectivity index (χ1) is 11.4. The molecule has 0 unspecified atom stereocenters. The van der Waals surface area contributed by atoms with Crippen LogP contribution < -0.4 is 4.90 Å². The highest BCUT2D eigenvalue weighted by Gasteiger charge is 2.22. The van der Waals surface area contributed by atoms with Crippen molar-refractivity contribution >= 4 is 17.6 Å². The minimum Gasteiger partial charge on any atom is -0.465 e. The summed E-state index contributed by atoms with van der Waals surface area (Å²) in [4.78, 5) is 28.2. The molecule has 0 radical (unpaired) electrons. The lowest BCUT2D eigenvalue weighted by Gasteiger charge is -2.26. The van der Waals surface area contributed by atoms with Gasteiger partial charge in [0.2, 0.25) is 0 Å². The molecule has 0 aliphatic carbocycles. The lowest BCUT2D eigenvalue weighted by molar-refractivity contribution is -0.144. The summed E-state index contributed by atoms with van der Waals surface area (Å²) in [5.41, 5.74) is 1.70. The van der Waals surface area contributed by atoms with Crippen LogP contribution in [0.3, 0.4) is 0 Å². The van der Waals surface area contributed by atoms with E-state index in [4.69, 9.17) is 4.74 Å². The van der Waals surface area contributed by atoms with Gasteiger partial charge in [-0.25, -0.2) is 0 Å². The van der Waals surface area contributed by atoms with E-state index in [9.17, 15) is 9.59 Å². The molecule has 134 valence electrons. The Labute approximate surface area is 145 Å². The van der Waals surface area contributed by atoms with Crippen molar-refractivity contribution < 1.29 is 14.3 Å². The van der Waals surface area contributed by atoms with Crippen LogP contribution in [-0.4, -0.2) is 49.1 Å². The minimum atomic E-state index is -0.378. The van der Waals surface area contributed by atoms with Gasteiger partial charge in [0.25, 0.3) is 5.91 Å². The van der Waals surface area contributed by atoms with Gasteiger partial charge in [0.05, 0.1) is 6.61 Å². The molecule has 5 heteroatoms. The summed E-state index contributed by atoms with van der Waals surface area (Å²) >= 11 is 0. The van der Waals surface area contributed by atoms with Crippen LogP contribution in [0.2, 0.25) is 0 Å². The van der Waals surface area contributed by atoms with Gasteiger partial charge in [0.1, 0.15) is 6.54 Å². The largest absolute Gasteiger partial charge is 0.465 e. The molecule has 0 N–H and O–H groups in total. The normalized spacial score (nSPS) is 10.6. The van der Waals surface area contributed by atoms with Gasteiger partial charge in [0, 0.05) is 30.4 Å². The van der Waals surface area contributed by atoms with Crippen molar-refractivity contribution in [3.05, 3.63) is 29.8 Å². The fourth-order valence-corrected chi connectivity index (χ4v) is 2.55. The van der Waals surface area contributed by atoms with Crippen LogP contribution in [0.5, 0.6) is 0 Å². The van der Waals surface area contributed by atoms with E-state index in [0.717, 1.165) is 25.2 Å². The summed E-state index contributed by atoms with van der Waals surface area (Å²) in [5.74, 6) is -0.528. The Balaban J connectivity index is 2.89. The number of benzene rings is 1. The number of rotatable bonds is 9. The standard InChI is InChI=1S/C19H30N2O3/c1-6-13-20(7-2)17-11-9-16(10-12-17)19(23)21(15(4)5)14-18(22)24-8-3/h9-12,15H,6-8,13-14H2,1-5H3. The number of carbonyl (C=O) groups excluding carboxylic acids is 2.